The first kappa shape index (κ1) is 16.2. The molecule has 1 rings (SSSR count). The summed E-state index contributed by atoms with van der Waals surface area (Å²) in [7, 11) is 0. The maximum atomic E-state index is 10.2. The molecule has 0 amide bonds. The molecule has 0 heterocycles. The van der Waals surface area contributed by atoms with Gasteiger partial charge in [0.05, 0.1) is 5.60 Å². The van der Waals surface area contributed by atoms with E-state index in [-0.39, 0.29) is 16.6 Å². The lowest BCUT2D eigenvalue weighted by Gasteiger charge is -2.43. The third kappa shape index (κ3) is 5.35. The fraction of sp³-hybridized carbons (Fsp3) is 0.786. The van der Waals surface area contributed by atoms with Gasteiger partial charge in [-0.1, -0.05) is 46.6 Å². The van der Waals surface area contributed by atoms with Gasteiger partial charge in [-0.05, 0) is 25.2 Å². The highest BCUT2D eigenvalue weighted by Gasteiger charge is 2.40. The third-order valence-corrected chi connectivity index (χ3v) is 3.44. The standard InChI is InChI=1S/C10H20O.C4H6O2/c1-9(2,3)10(11)7-5-4-6-8-10;1-3(2)4(5)6/h11H,4-8H2,1-3H3;1H2,2H3,(H,5,6). The molecule has 0 spiro atoms. The van der Waals surface area contributed by atoms with Crippen LogP contribution in [0.2, 0.25) is 0 Å². The molecule has 0 aliphatic heterocycles. The van der Waals surface area contributed by atoms with E-state index in [4.69, 9.17) is 5.11 Å². The van der Waals surface area contributed by atoms with E-state index in [0.29, 0.717) is 0 Å². The molecule has 3 nitrogen and oxygen atoms in total. The van der Waals surface area contributed by atoms with Crippen LogP contribution >= 0.6 is 0 Å². The summed E-state index contributed by atoms with van der Waals surface area (Å²) in [6.45, 7) is 11.0. The zero-order valence-electron chi connectivity index (χ0n) is 11.5. The molecule has 0 aromatic carbocycles. The zero-order valence-corrected chi connectivity index (χ0v) is 11.5. The normalized spacial score (nSPS) is 18.9. The Bertz CT molecular complexity index is 256. The van der Waals surface area contributed by atoms with Crippen LogP contribution < -0.4 is 0 Å². The van der Waals surface area contributed by atoms with Crippen molar-refractivity contribution < 1.29 is 15.0 Å². The topological polar surface area (TPSA) is 57.5 Å². The summed E-state index contributed by atoms with van der Waals surface area (Å²) in [5.41, 5.74) is -0.145. The maximum Gasteiger partial charge on any atom is 0.330 e. The third-order valence-electron chi connectivity index (χ3n) is 3.44. The van der Waals surface area contributed by atoms with Gasteiger partial charge in [0.1, 0.15) is 0 Å². The van der Waals surface area contributed by atoms with Gasteiger partial charge >= 0.3 is 5.97 Å². The molecule has 0 aromatic heterocycles. The molecule has 1 saturated carbocycles. The molecule has 0 aromatic rings. The first-order valence-electron chi connectivity index (χ1n) is 6.21. The summed E-state index contributed by atoms with van der Waals surface area (Å²) in [4.78, 5) is 9.60. The second-order valence-corrected chi connectivity index (χ2v) is 5.93. The van der Waals surface area contributed by atoms with Crippen LogP contribution in [0.5, 0.6) is 0 Å². The molecule has 1 aliphatic rings. The van der Waals surface area contributed by atoms with Crippen molar-refractivity contribution in [3.8, 4) is 0 Å². The average molecular weight is 242 g/mol. The van der Waals surface area contributed by atoms with E-state index in [2.05, 4.69) is 27.4 Å². The molecule has 0 saturated heterocycles. The van der Waals surface area contributed by atoms with Crippen LogP contribution in [0.1, 0.15) is 59.8 Å². The van der Waals surface area contributed by atoms with Crippen molar-refractivity contribution >= 4 is 5.97 Å². The Labute approximate surface area is 105 Å². The quantitative estimate of drug-likeness (QED) is 0.693. The predicted octanol–water partition coefficient (Wildman–Crippen LogP) is 3.37. The van der Waals surface area contributed by atoms with Gasteiger partial charge in [0.15, 0.2) is 0 Å². The van der Waals surface area contributed by atoms with Crippen molar-refractivity contribution in [2.45, 2.75) is 65.4 Å². The summed E-state index contributed by atoms with van der Waals surface area (Å²) < 4.78 is 0. The number of hydrogen-bond donors (Lipinski definition) is 2. The first-order valence-corrected chi connectivity index (χ1v) is 6.21. The average Bonchev–Trinajstić information content (AvgIpc) is 2.18. The van der Waals surface area contributed by atoms with E-state index in [1.54, 1.807) is 0 Å². The van der Waals surface area contributed by atoms with Crippen LogP contribution in [0.4, 0.5) is 0 Å². The molecule has 3 heteroatoms. The molecular formula is C14H26O3. The van der Waals surface area contributed by atoms with Gasteiger partial charge in [-0.3, -0.25) is 0 Å². The van der Waals surface area contributed by atoms with Crippen molar-refractivity contribution in [2.75, 3.05) is 0 Å². The molecule has 2 N–H and O–H groups in total. The lowest BCUT2D eigenvalue weighted by molar-refractivity contribution is -0.132. The summed E-state index contributed by atoms with van der Waals surface area (Å²) in [5, 5.41) is 18.1. The van der Waals surface area contributed by atoms with Crippen LogP contribution in [-0.2, 0) is 4.79 Å². The highest BCUT2D eigenvalue weighted by atomic mass is 16.4. The van der Waals surface area contributed by atoms with Crippen molar-refractivity contribution in [2.24, 2.45) is 5.41 Å². The zero-order chi connectivity index (χ0) is 13.7. The molecule has 100 valence electrons. The largest absolute Gasteiger partial charge is 0.478 e. The second kappa shape index (κ2) is 6.20. The summed E-state index contributed by atoms with van der Waals surface area (Å²) in [5.74, 6) is -0.935. The van der Waals surface area contributed by atoms with Gasteiger partial charge in [0.25, 0.3) is 0 Å². The van der Waals surface area contributed by atoms with E-state index in [1.807, 2.05) is 0 Å². The highest BCUT2D eigenvalue weighted by Crippen LogP contribution is 2.41. The van der Waals surface area contributed by atoms with Gasteiger partial charge in [-0.15, -0.1) is 0 Å². The highest BCUT2D eigenvalue weighted by molar-refractivity contribution is 5.84. The minimum absolute atomic E-state index is 0.0629. The SMILES string of the molecule is C=C(C)C(=O)O.CC(C)(C)C1(O)CCCCC1. The first-order chi connectivity index (χ1) is 7.60. The van der Waals surface area contributed by atoms with E-state index < -0.39 is 5.97 Å². The Hall–Kier alpha value is -0.830. The summed E-state index contributed by atoms with van der Waals surface area (Å²) >= 11 is 0. The number of carboxylic acid groups (broad SMARTS) is 1. The van der Waals surface area contributed by atoms with Crippen LogP contribution in [0.15, 0.2) is 12.2 Å². The molecule has 0 bridgehead atoms. The van der Waals surface area contributed by atoms with Crippen LogP contribution in [0.3, 0.4) is 0 Å². The summed E-state index contributed by atoms with van der Waals surface area (Å²) in [6.07, 6.45) is 5.70. The number of hydrogen-bond acceptors (Lipinski definition) is 2. The molecule has 1 aliphatic carbocycles. The minimum atomic E-state index is -0.935. The van der Waals surface area contributed by atoms with Crippen LogP contribution in [0, 0.1) is 5.41 Å². The predicted molar refractivity (Wildman–Crippen MR) is 69.9 cm³/mol. The monoisotopic (exact) mass is 242 g/mol. The number of carboxylic acids is 1. The van der Waals surface area contributed by atoms with Gasteiger partial charge in [-0.25, -0.2) is 4.79 Å². The van der Waals surface area contributed by atoms with Crippen molar-refractivity contribution in [3.63, 3.8) is 0 Å². The van der Waals surface area contributed by atoms with E-state index in [9.17, 15) is 9.90 Å². The molecule has 0 radical (unpaired) electrons. The molecule has 1 fully saturated rings. The second-order valence-electron chi connectivity index (χ2n) is 5.93. The van der Waals surface area contributed by atoms with Gasteiger partial charge in [0, 0.05) is 5.57 Å². The smallest absolute Gasteiger partial charge is 0.330 e. The van der Waals surface area contributed by atoms with Gasteiger partial charge in [0.2, 0.25) is 0 Å². The van der Waals surface area contributed by atoms with Gasteiger partial charge < -0.3 is 10.2 Å². The Morgan fingerprint density at radius 1 is 1.18 bits per heavy atom. The van der Waals surface area contributed by atoms with Crippen molar-refractivity contribution in [1.82, 2.24) is 0 Å². The van der Waals surface area contributed by atoms with Crippen LogP contribution in [-0.4, -0.2) is 21.8 Å². The minimum Gasteiger partial charge on any atom is -0.478 e. The van der Waals surface area contributed by atoms with Crippen molar-refractivity contribution in [1.29, 1.82) is 0 Å². The fourth-order valence-electron chi connectivity index (χ4n) is 1.89. The number of aliphatic hydroxyl groups is 1. The van der Waals surface area contributed by atoms with Crippen LogP contribution in [0.25, 0.3) is 0 Å². The molecule has 0 atom stereocenters. The number of rotatable bonds is 1. The maximum absolute atomic E-state index is 10.2. The van der Waals surface area contributed by atoms with Crippen molar-refractivity contribution in [3.05, 3.63) is 12.2 Å². The van der Waals surface area contributed by atoms with Gasteiger partial charge in [-0.2, -0.15) is 0 Å². The number of aliphatic carboxylic acids is 1. The molecule has 17 heavy (non-hydrogen) atoms. The Balaban J connectivity index is 0.000000366. The number of carbonyl (C=O) groups is 1. The fourth-order valence-corrected chi connectivity index (χ4v) is 1.89. The lowest BCUT2D eigenvalue weighted by Crippen LogP contribution is -2.44. The Morgan fingerprint density at radius 3 is 1.71 bits per heavy atom. The lowest BCUT2D eigenvalue weighted by atomic mass is 9.68. The Kier molecular flexibility index (Phi) is 5.89. The van der Waals surface area contributed by atoms with E-state index >= 15 is 0 Å². The molecular weight excluding hydrogens is 216 g/mol. The van der Waals surface area contributed by atoms with E-state index in [0.717, 1.165) is 12.8 Å². The summed E-state index contributed by atoms with van der Waals surface area (Å²) in [6, 6.07) is 0. The molecule has 0 unspecified atom stereocenters. The van der Waals surface area contributed by atoms with E-state index in [1.165, 1.54) is 26.2 Å². The Morgan fingerprint density at radius 2 is 1.53 bits per heavy atom.